The molecule has 5 amide bonds. The van der Waals surface area contributed by atoms with Crippen LogP contribution in [0, 0.1) is 0 Å². The number of carbonyl (C=O) groups is 5. The summed E-state index contributed by atoms with van der Waals surface area (Å²) in [5, 5.41) is 19.3. The summed E-state index contributed by atoms with van der Waals surface area (Å²) >= 11 is 1.40. The summed E-state index contributed by atoms with van der Waals surface area (Å²) in [6.45, 7) is 14.1. The predicted molar refractivity (Wildman–Crippen MR) is 160 cm³/mol. The summed E-state index contributed by atoms with van der Waals surface area (Å²) in [4.78, 5) is 65.9. The van der Waals surface area contributed by atoms with E-state index in [9.17, 15) is 29.1 Å². The number of carbonyl (C=O) groups excluding carboxylic acids is 5. The van der Waals surface area contributed by atoms with Crippen LogP contribution >= 0.6 is 11.8 Å². The highest BCUT2D eigenvalue weighted by molar-refractivity contribution is 8.00. The van der Waals surface area contributed by atoms with E-state index in [1.807, 2.05) is 34.6 Å². The standard InChI is InChI=1S/C29H45N5O7S/c1-27(2,3)33-24(38)22-29(7,8)42-16-34(22)25(39)21(36)18(14-17-12-10-9-11-13-17)31-23(37)19(15-20(30)35)32-26(40)41-28(4,5)6/h9-13,18-19,21-22,36H,14-16H2,1-8H3,(H2,30,35)(H,31,37)(H,32,40)(H,33,38)/t18-,19-,21-,22+/m0/s1. The number of nitrogens with one attached hydrogen (secondary N) is 3. The average Bonchev–Trinajstić information content (AvgIpc) is 3.15. The van der Waals surface area contributed by atoms with Gasteiger partial charge in [-0.2, -0.15) is 0 Å². The van der Waals surface area contributed by atoms with Crippen molar-refractivity contribution in [2.75, 3.05) is 5.88 Å². The highest BCUT2D eigenvalue weighted by atomic mass is 32.2. The fourth-order valence-electron chi connectivity index (χ4n) is 4.45. The first-order chi connectivity index (χ1) is 19.2. The van der Waals surface area contributed by atoms with Gasteiger partial charge >= 0.3 is 6.09 Å². The number of aliphatic hydroxyl groups excluding tert-OH is 1. The van der Waals surface area contributed by atoms with Crippen LogP contribution in [0.4, 0.5) is 4.79 Å². The van der Waals surface area contributed by atoms with Gasteiger partial charge in [-0.25, -0.2) is 4.79 Å². The van der Waals surface area contributed by atoms with E-state index in [0.717, 1.165) is 0 Å². The fraction of sp³-hybridized carbons (Fsp3) is 0.621. The maximum Gasteiger partial charge on any atom is 0.408 e. The molecule has 1 aliphatic rings. The average molecular weight is 608 g/mol. The molecule has 0 aliphatic carbocycles. The Morgan fingerprint density at radius 3 is 2.19 bits per heavy atom. The van der Waals surface area contributed by atoms with E-state index in [0.29, 0.717) is 5.56 Å². The van der Waals surface area contributed by atoms with Crippen LogP contribution in [0.25, 0.3) is 0 Å². The Bertz CT molecular complexity index is 1150. The normalized spacial score (nSPS) is 18.8. The first-order valence-electron chi connectivity index (χ1n) is 13.8. The minimum absolute atomic E-state index is 0.0401. The Balaban J connectivity index is 2.36. The molecule has 42 heavy (non-hydrogen) atoms. The van der Waals surface area contributed by atoms with Gasteiger partial charge in [0.1, 0.15) is 17.7 Å². The van der Waals surface area contributed by atoms with Crippen LogP contribution in [0.3, 0.4) is 0 Å². The lowest BCUT2D eigenvalue weighted by molar-refractivity contribution is -0.148. The van der Waals surface area contributed by atoms with E-state index >= 15 is 0 Å². The molecule has 0 unspecified atom stereocenters. The third kappa shape index (κ3) is 10.5. The molecule has 1 aromatic rings. The largest absolute Gasteiger partial charge is 0.444 e. The maximum atomic E-state index is 13.8. The van der Waals surface area contributed by atoms with Crippen molar-refractivity contribution in [2.45, 2.75) is 108 Å². The minimum Gasteiger partial charge on any atom is -0.444 e. The Morgan fingerprint density at radius 1 is 1.07 bits per heavy atom. The number of alkyl carbamates (subject to hydrolysis) is 1. The molecule has 1 heterocycles. The van der Waals surface area contributed by atoms with Gasteiger partial charge in [-0.05, 0) is 67.4 Å². The summed E-state index contributed by atoms with van der Waals surface area (Å²) in [7, 11) is 0. The van der Waals surface area contributed by atoms with Gasteiger partial charge in [-0.1, -0.05) is 30.3 Å². The maximum absolute atomic E-state index is 13.8. The summed E-state index contributed by atoms with van der Waals surface area (Å²) < 4.78 is 4.56. The van der Waals surface area contributed by atoms with Crippen LogP contribution in [-0.4, -0.2) is 85.7 Å². The molecule has 0 aromatic heterocycles. The summed E-state index contributed by atoms with van der Waals surface area (Å²) in [5.41, 5.74) is 4.62. The number of primary amides is 1. The van der Waals surface area contributed by atoms with Gasteiger partial charge in [0.05, 0.1) is 18.3 Å². The molecule has 4 atom stereocenters. The molecule has 1 fully saturated rings. The number of rotatable bonds is 10. The molecular formula is C29H45N5O7S. The van der Waals surface area contributed by atoms with Gasteiger partial charge < -0.3 is 36.4 Å². The molecule has 0 spiro atoms. The van der Waals surface area contributed by atoms with E-state index in [4.69, 9.17) is 10.5 Å². The number of thioether (sulfide) groups is 1. The van der Waals surface area contributed by atoms with Crippen LogP contribution in [0.5, 0.6) is 0 Å². The van der Waals surface area contributed by atoms with Crippen molar-refractivity contribution in [1.29, 1.82) is 0 Å². The molecule has 2 rings (SSSR count). The summed E-state index contributed by atoms with van der Waals surface area (Å²) in [5.74, 6) is -2.64. The number of nitrogens with zero attached hydrogens (tertiary/aromatic N) is 1. The van der Waals surface area contributed by atoms with Crippen LogP contribution < -0.4 is 21.7 Å². The van der Waals surface area contributed by atoms with Crippen LogP contribution in [0.1, 0.15) is 67.4 Å². The number of benzene rings is 1. The number of ether oxygens (including phenoxy) is 1. The second-order valence-electron chi connectivity index (χ2n) is 12.9. The minimum atomic E-state index is -1.76. The van der Waals surface area contributed by atoms with Crippen LogP contribution in [0.15, 0.2) is 30.3 Å². The van der Waals surface area contributed by atoms with Crippen molar-refractivity contribution in [2.24, 2.45) is 5.73 Å². The second kappa shape index (κ2) is 13.8. The summed E-state index contributed by atoms with van der Waals surface area (Å²) in [6, 6.07) is 5.40. The third-order valence-electron chi connectivity index (χ3n) is 6.25. The molecule has 1 saturated heterocycles. The Kier molecular flexibility index (Phi) is 11.4. The number of amides is 5. The lowest BCUT2D eigenvalue weighted by Gasteiger charge is -2.35. The van der Waals surface area contributed by atoms with E-state index in [2.05, 4.69) is 16.0 Å². The van der Waals surface area contributed by atoms with Crippen LogP contribution in [-0.2, 0) is 30.3 Å². The van der Waals surface area contributed by atoms with Crippen molar-refractivity contribution in [3.8, 4) is 0 Å². The van der Waals surface area contributed by atoms with Gasteiger partial charge in [-0.3, -0.25) is 19.2 Å². The van der Waals surface area contributed by atoms with Crippen molar-refractivity contribution in [1.82, 2.24) is 20.9 Å². The Hall–Kier alpha value is -3.32. The third-order valence-corrected chi connectivity index (χ3v) is 7.62. The molecule has 1 aromatic carbocycles. The number of hydrogen-bond acceptors (Lipinski definition) is 8. The molecule has 0 radical (unpaired) electrons. The van der Waals surface area contributed by atoms with Gasteiger partial charge in [0.15, 0.2) is 6.10 Å². The first kappa shape index (κ1) is 34.9. The molecule has 0 bridgehead atoms. The quantitative estimate of drug-likeness (QED) is 0.265. The summed E-state index contributed by atoms with van der Waals surface area (Å²) in [6.07, 6.45) is -3.20. The van der Waals surface area contributed by atoms with E-state index in [-0.39, 0.29) is 18.2 Å². The van der Waals surface area contributed by atoms with E-state index in [1.165, 1.54) is 16.7 Å². The predicted octanol–water partition coefficient (Wildman–Crippen LogP) is 1.44. The van der Waals surface area contributed by atoms with E-state index < -0.39 is 70.4 Å². The Morgan fingerprint density at radius 2 is 1.67 bits per heavy atom. The Labute approximate surface area is 251 Å². The fourth-order valence-corrected chi connectivity index (χ4v) is 5.59. The monoisotopic (exact) mass is 607 g/mol. The number of aliphatic hydroxyl groups is 1. The van der Waals surface area contributed by atoms with E-state index in [1.54, 1.807) is 51.1 Å². The van der Waals surface area contributed by atoms with Gasteiger partial charge in [-0.15, -0.1) is 11.8 Å². The van der Waals surface area contributed by atoms with Gasteiger partial charge in [0.25, 0.3) is 5.91 Å². The highest BCUT2D eigenvalue weighted by Gasteiger charge is 2.50. The molecule has 6 N–H and O–H groups in total. The van der Waals surface area contributed by atoms with Gasteiger partial charge in [0.2, 0.25) is 17.7 Å². The highest BCUT2D eigenvalue weighted by Crippen LogP contribution is 2.40. The first-order valence-corrected chi connectivity index (χ1v) is 14.8. The van der Waals surface area contributed by atoms with Crippen molar-refractivity contribution < 1.29 is 33.8 Å². The van der Waals surface area contributed by atoms with Crippen molar-refractivity contribution >= 4 is 41.5 Å². The van der Waals surface area contributed by atoms with Crippen LogP contribution in [0.2, 0.25) is 0 Å². The smallest absolute Gasteiger partial charge is 0.408 e. The van der Waals surface area contributed by atoms with Crippen molar-refractivity contribution in [3.05, 3.63) is 35.9 Å². The molecule has 1 aliphatic heterocycles. The zero-order valence-corrected chi connectivity index (χ0v) is 26.5. The topological polar surface area (TPSA) is 180 Å². The zero-order chi connectivity index (χ0) is 32.0. The van der Waals surface area contributed by atoms with Crippen molar-refractivity contribution in [3.63, 3.8) is 0 Å². The molecule has 12 nitrogen and oxygen atoms in total. The number of nitrogens with two attached hydrogens (primary N) is 1. The lowest BCUT2D eigenvalue weighted by atomic mass is 9.96. The molecule has 13 heteroatoms. The lowest BCUT2D eigenvalue weighted by Crippen LogP contribution is -2.61. The van der Waals surface area contributed by atoms with Gasteiger partial charge in [0, 0.05) is 10.3 Å². The molecular weight excluding hydrogens is 562 g/mol. The molecule has 0 saturated carbocycles. The molecule has 234 valence electrons. The SMILES string of the molecule is CC(C)(C)NC(=O)[C@H]1N(C(=O)[C@@H](O)[C@H](Cc2ccccc2)NC(=O)[C@H](CC(N)=O)NC(=O)OC(C)(C)C)CSC1(C)C. The number of hydrogen-bond donors (Lipinski definition) is 5. The zero-order valence-electron chi connectivity index (χ0n) is 25.6. The second-order valence-corrected chi connectivity index (χ2v) is 14.5.